The van der Waals surface area contributed by atoms with Crippen LogP contribution in [-0.2, 0) is 6.18 Å². The van der Waals surface area contributed by atoms with Crippen molar-refractivity contribution in [1.29, 1.82) is 0 Å². The molecule has 2 atom stereocenters. The van der Waals surface area contributed by atoms with Crippen LogP contribution in [0.2, 0.25) is 18.6 Å². The highest BCUT2D eigenvalue weighted by Crippen LogP contribution is 2.46. The lowest BCUT2D eigenvalue weighted by molar-refractivity contribution is -0.137. The second-order valence-electron chi connectivity index (χ2n) is 6.87. The van der Waals surface area contributed by atoms with Gasteiger partial charge in [-0.2, -0.15) is 13.2 Å². The number of rotatable bonds is 2. The Morgan fingerprint density at radius 3 is 2.46 bits per heavy atom. The van der Waals surface area contributed by atoms with E-state index < -0.39 is 20.5 Å². The Balaban J connectivity index is 2.08. The third-order valence-corrected chi connectivity index (χ3v) is 7.03. The first kappa shape index (κ1) is 17.0. The minimum absolute atomic E-state index is 0.120. The van der Waals surface area contributed by atoms with Crippen LogP contribution in [0, 0.1) is 0 Å². The fourth-order valence-corrected chi connectivity index (χ4v) is 6.00. The van der Waals surface area contributed by atoms with Gasteiger partial charge in [0.25, 0.3) is 0 Å². The number of alkyl halides is 3. The number of hydrogen-bond donors (Lipinski definition) is 0. The van der Waals surface area contributed by atoms with E-state index in [0.717, 1.165) is 11.6 Å². The Hall–Kier alpha value is -1.81. The van der Waals surface area contributed by atoms with Crippen molar-refractivity contribution < 1.29 is 13.2 Å². The average molecular weight is 346 g/mol. The summed E-state index contributed by atoms with van der Waals surface area (Å²) in [5.74, 6) is -0.120. The fourth-order valence-electron chi connectivity index (χ4n) is 3.83. The molecule has 0 amide bonds. The molecule has 0 saturated heterocycles. The molecular formula is C20H21F3Si. The lowest BCUT2D eigenvalue weighted by Crippen LogP contribution is -2.13. The topological polar surface area (TPSA) is 0 Å². The van der Waals surface area contributed by atoms with E-state index in [1.54, 1.807) is 6.07 Å². The molecule has 0 saturated carbocycles. The van der Waals surface area contributed by atoms with Crippen LogP contribution in [0.4, 0.5) is 13.2 Å². The SMILES string of the molecule is CC1=CC2=C(C=CC=CC2c2cccc(C(F)(F)F)c2)C1[SiH](C)C. The molecule has 0 N–H and O–H groups in total. The lowest BCUT2D eigenvalue weighted by atomic mass is 9.88. The zero-order valence-corrected chi connectivity index (χ0v) is 15.2. The lowest BCUT2D eigenvalue weighted by Gasteiger charge is -2.20. The van der Waals surface area contributed by atoms with E-state index in [9.17, 15) is 13.2 Å². The van der Waals surface area contributed by atoms with Crippen molar-refractivity contribution in [3.63, 3.8) is 0 Å². The van der Waals surface area contributed by atoms with Gasteiger partial charge in [0.05, 0.1) is 5.56 Å². The van der Waals surface area contributed by atoms with Crippen LogP contribution in [0.25, 0.3) is 0 Å². The molecule has 126 valence electrons. The van der Waals surface area contributed by atoms with Crippen molar-refractivity contribution in [2.75, 3.05) is 0 Å². The maximum Gasteiger partial charge on any atom is 0.416 e. The summed E-state index contributed by atoms with van der Waals surface area (Å²) < 4.78 is 39.2. The van der Waals surface area contributed by atoms with Crippen LogP contribution in [-0.4, -0.2) is 8.80 Å². The van der Waals surface area contributed by atoms with Gasteiger partial charge in [0, 0.05) is 14.7 Å². The van der Waals surface area contributed by atoms with Crippen molar-refractivity contribution in [3.8, 4) is 0 Å². The number of benzene rings is 1. The maximum atomic E-state index is 13.1. The third kappa shape index (κ3) is 3.07. The van der Waals surface area contributed by atoms with Crippen molar-refractivity contribution in [3.05, 3.63) is 82.5 Å². The van der Waals surface area contributed by atoms with E-state index in [1.807, 2.05) is 18.2 Å². The van der Waals surface area contributed by atoms with Crippen molar-refractivity contribution in [2.45, 2.75) is 37.7 Å². The van der Waals surface area contributed by atoms with Crippen LogP contribution in [0.15, 0.2) is 71.4 Å². The van der Waals surface area contributed by atoms with Gasteiger partial charge in [-0.25, -0.2) is 0 Å². The standard InChI is InChI=1S/C20H21F3Si/c1-13-11-18-16(9-4-5-10-17(18)19(13)24(2)3)14-7-6-8-15(12-14)20(21,22)23/h4-12,16,19,24H,1-3H3. The highest BCUT2D eigenvalue weighted by Gasteiger charge is 2.33. The van der Waals surface area contributed by atoms with Crippen molar-refractivity contribution in [2.24, 2.45) is 0 Å². The Morgan fingerprint density at radius 2 is 1.79 bits per heavy atom. The summed E-state index contributed by atoms with van der Waals surface area (Å²) in [4.78, 5) is 0. The Kier molecular flexibility index (Phi) is 4.43. The number of hydrogen-bond acceptors (Lipinski definition) is 0. The van der Waals surface area contributed by atoms with Crippen molar-refractivity contribution in [1.82, 2.24) is 0 Å². The summed E-state index contributed by atoms with van der Waals surface area (Å²) in [6.07, 6.45) is 5.99. The summed E-state index contributed by atoms with van der Waals surface area (Å²) >= 11 is 0. The predicted molar refractivity (Wildman–Crippen MR) is 95.9 cm³/mol. The Morgan fingerprint density at radius 1 is 1.04 bits per heavy atom. The third-order valence-electron chi connectivity index (χ3n) is 4.81. The Bertz CT molecular complexity index is 763. The normalized spacial score (nSPS) is 23.5. The molecule has 2 aliphatic rings. The zero-order valence-electron chi connectivity index (χ0n) is 14.1. The summed E-state index contributed by atoms with van der Waals surface area (Å²) in [5, 5.41) is 0. The van der Waals surface area contributed by atoms with Crippen LogP contribution in [0.3, 0.4) is 0 Å². The van der Waals surface area contributed by atoms with Gasteiger partial charge >= 0.3 is 6.18 Å². The zero-order chi connectivity index (χ0) is 17.5. The van der Waals surface area contributed by atoms with E-state index >= 15 is 0 Å². The molecule has 0 heterocycles. The van der Waals surface area contributed by atoms with Gasteiger partial charge < -0.3 is 0 Å². The predicted octanol–water partition coefficient (Wildman–Crippen LogP) is 6.03. The van der Waals surface area contributed by atoms with Crippen LogP contribution in [0.5, 0.6) is 0 Å². The molecule has 24 heavy (non-hydrogen) atoms. The smallest absolute Gasteiger partial charge is 0.166 e. The van der Waals surface area contributed by atoms with E-state index in [-0.39, 0.29) is 5.92 Å². The molecule has 0 fully saturated rings. The molecule has 1 aromatic carbocycles. The van der Waals surface area contributed by atoms with Gasteiger partial charge in [0.15, 0.2) is 0 Å². The van der Waals surface area contributed by atoms with Gasteiger partial charge in [0.1, 0.15) is 0 Å². The van der Waals surface area contributed by atoms with Crippen LogP contribution >= 0.6 is 0 Å². The minimum Gasteiger partial charge on any atom is -0.166 e. The van der Waals surface area contributed by atoms with E-state index in [1.165, 1.54) is 23.3 Å². The number of halogens is 3. The molecule has 0 aromatic heterocycles. The molecule has 0 bridgehead atoms. The summed E-state index contributed by atoms with van der Waals surface area (Å²) in [7, 11) is -0.939. The highest BCUT2D eigenvalue weighted by atomic mass is 28.3. The van der Waals surface area contributed by atoms with Gasteiger partial charge in [0.2, 0.25) is 0 Å². The van der Waals surface area contributed by atoms with E-state index in [2.05, 4.69) is 32.2 Å². The molecule has 2 unspecified atom stereocenters. The molecule has 0 nitrogen and oxygen atoms in total. The molecule has 4 heteroatoms. The molecule has 0 spiro atoms. The largest absolute Gasteiger partial charge is 0.416 e. The quantitative estimate of drug-likeness (QED) is 0.574. The molecular weight excluding hydrogens is 325 g/mol. The van der Waals surface area contributed by atoms with Crippen LogP contribution < -0.4 is 0 Å². The highest BCUT2D eigenvalue weighted by molar-refractivity contribution is 6.59. The van der Waals surface area contributed by atoms with Gasteiger partial charge in [-0.3, -0.25) is 0 Å². The molecule has 3 rings (SSSR count). The fraction of sp³-hybridized carbons (Fsp3) is 0.300. The van der Waals surface area contributed by atoms with E-state index in [0.29, 0.717) is 11.1 Å². The first-order valence-electron chi connectivity index (χ1n) is 8.23. The molecule has 0 radical (unpaired) electrons. The minimum atomic E-state index is -4.31. The van der Waals surface area contributed by atoms with Gasteiger partial charge in [-0.1, -0.05) is 67.2 Å². The monoisotopic (exact) mass is 346 g/mol. The number of allylic oxidation sites excluding steroid dienone is 8. The summed E-state index contributed by atoms with van der Waals surface area (Å²) in [6, 6.07) is 5.72. The van der Waals surface area contributed by atoms with Crippen LogP contribution in [0.1, 0.15) is 24.0 Å². The second-order valence-corrected chi connectivity index (χ2v) is 10.0. The maximum absolute atomic E-state index is 13.1. The first-order valence-corrected chi connectivity index (χ1v) is 11.2. The van der Waals surface area contributed by atoms with Crippen molar-refractivity contribution >= 4 is 8.80 Å². The molecule has 2 aliphatic carbocycles. The van der Waals surface area contributed by atoms with Gasteiger partial charge in [-0.15, -0.1) is 0 Å². The summed E-state index contributed by atoms with van der Waals surface area (Å²) in [5.41, 5.74) is 4.39. The first-order chi connectivity index (χ1) is 11.3. The average Bonchev–Trinajstić information content (AvgIpc) is 2.70. The Labute approximate surface area is 142 Å². The summed E-state index contributed by atoms with van der Waals surface area (Å²) in [6.45, 7) is 6.79. The van der Waals surface area contributed by atoms with Gasteiger partial charge in [-0.05, 0) is 35.2 Å². The van der Waals surface area contributed by atoms with E-state index in [4.69, 9.17) is 0 Å². The molecule has 1 aromatic rings. The molecule has 0 aliphatic heterocycles. The second kappa shape index (κ2) is 6.24.